The van der Waals surface area contributed by atoms with Gasteiger partial charge in [0.25, 0.3) is 0 Å². The second kappa shape index (κ2) is 9.24. The van der Waals surface area contributed by atoms with Crippen LogP contribution in [-0.2, 0) is 0 Å². The Morgan fingerprint density at radius 1 is 0.714 bits per heavy atom. The third-order valence-corrected chi connectivity index (χ3v) is 7.09. The van der Waals surface area contributed by atoms with Gasteiger partial charge in [-0.25, -0.2) is 4.98 Å². The summed E-state index contributed by atoms with van der Waals surface area (Å²) in [5.41, 5.74) is 8.07. The Morgan fingerprint density at radius 2 is 1.46 bits per heavy atom. The molecule has 0 bridgehead atoms. The van der Waals surface area contributed by atoms with Gasteiger partial charge in [-0.1, -0.05) is 6.07 Å². The molecule has 6 aromatic rings. The number of pyridine rings is 2. The molecule has 170 valence electrons. The highest BCUT2D eigenvalue weighted by molar-refractivity contribution is 14.1. The van der Waals surface area contributed by atoms with E-state index in [0.717, 1.165) is 61.4 Å². The topological polar surface area (TPSA) is 67.7 Å². The molecular formula is C27H20IN6P. The molecule has 1 unspecified atom stereocenters. The predicted molar refractivity (Wildman–Crippen MR) is 156 cm³/mol. The minimum atomic E-state index is 0.912. The smallest absolute Gasteiger partial charge is 0.150 e. The van der Waals surface area contributed by atoms with Gasteiger partial charge in [-0.2, -0.15) is 0 Å². The third-order valence-electron chi connectivity index (χ3n) is 5.76. The van der Waals surface area contributed by atoms with Gasteiger partial charge in [-0.3, -0.25) is 12.7 Å². The number of fused-ring (bicyclic) bond motifs is 2. The minimum Gasteiger partial charge on any atom is -0.355 e. The second-order valence-corrected chi connectivity index (χ2v) is 9.75. The van der Waals surface area contributed by atoms with E-state index >= 15 is 0 Å². The van der Waals surface area contributed by atoms with Crippen molar-refractivity contribution in [3.63, 3.8) is 0 Å². The van der Waals surface area contributed by atoms with E-state index in [1.807, 2.05) is 48.7 Å². The molecule has 0 aliphatic carbocycles. The van der Waals surface area contributed by atoms with Gasteiger partial charge >= 0.3 is 0 Å². The van der Waals surface area contributed by atoms with Gasteiger partial charge in [0.1, 0.15) is 5.82 Å². The number of benzene rings is 3. The first-order valence-corrected chi connectivity index (χ1v) is 12.6. The lowest BCUT2D eigenvalue weighted by Gasteiger charge is -2.11. The lowest BCUT2D eigenvalue weighted by molar-refractivity contribution is 1.31. The van der Waals surface area contributed by atoms with Gasteiger partial charge in [-0.15, -0.1) is 9.24 Å². The summed E-state index contributed by atoms with van der Waals surface area (Å²) in [6.45, 7) is 0. The van der Waals surface area contributed by atoms with Crippen molar-refractivity contribution in [2.24, 2.45) is 0 Å². The number of nitrogens with zero attached hydrogens (tertiary/aromatic N) is 4. The van der Waals surface area contributed by atoms with Crippen molar-refractivity contribution < 1.29 is 0 Å². The molecule has 0 aliphatic heterocycles. The minimum absolute atomic E-state index is 0.912. The van der Waals surface area contributed by atoms with Crippen molar-refractivity contribution in [2.45, 2.75) is 0 Å². The van der Waals surface area contributed by atoms with Crippen LogP contribution in [-0.4, -0.2) is 17.7 Å². The average molecular weight is 586 g/mol. The van der Waals surface area contributed by atoms with Crippen LogP contribution in [0.15, 0.2) is 97.5 Å². The van der Waals surface area contributed by atoms with E-state index in [2.05, 4.69) is 91.9 Å². The number of aromatic nitrogens is 4. The molecule has 3 aromatic heterocycles. The maximum absolute atomic E-state index is 4.88. The van der Waals surface area contributed by atoms with Crippen LogP contribution in [0.25, 0.3) is 33.3 Å². The van der Waals surface area contributed by atoms with Crippen LogP contribution in [0.4, 0.5) is 22.7 Å². The quantitative estimate of drug-likeness (QED) is 0.171. The molecule has 6 rings (SSSR count). The highest BCUT2D eigenvalue weighted by atomic mass is 127. The van der Waals surface area contributed by atoms with Crippen LogP contribution in [0, 0.1) is 0 Å². The van der Waals surface area contributed by atoms with E-state index < -0.39 is 0 Å². The van der Waals surface area contributed by atoms with Crippen molar-refractivity contribution in [3.8, 4) is 11.4 Å². The first-order valence-electron chi connectivity index (χ1n) is 11.0. The molecule has 3 heterocycles. The number of nitrogens with one attached hydrogen (secondary N) is 2. The molecule has 0 radical (unpaired) electrons. The highest BCUT2D eigenvalue weighted by Crippen LogP contribution is 2.31. The Labute approximate surface area is 218 Å². The lowest BCUT2D eigenvalue weighted by atomic mass is 10.1. The molecule has 35 heavy (non-hydrogen) atoms. The Hall–Kier alpha value is -3.55. The van der Waals surface area contributed by atoms with E-state index in [1.165, 1.54) is 0 Å². The Kier molecular flexibility index (Phi) is 5.80. The van der Waals surface area contributed by atoms with Gasteiger partial charge < -0.3 is 10.6 Å². The summed E-state index contributed by atoms with van der Waals surface area (Å²) in [6, 6.07) is 26.7. The molecule has 0 fully saturated rings. The van der Waals surface area contributed by atoms with Crippen LogP contribution in [0.2, 0.25) is 0 Å². The van der Waals surface area contributed by atoms with Gasteiger partial charge in [0.15, 0.2) is 0 Å². The Bertz CT molecular complexity index is 1670. The number of halogens is 1. The summed E-state index contributed by atoms with van der Waals surface area (Å²) < 4.78 is 2.10. The van der Waals surface area contributed by atoms with Crippen LogP contribution in [0.3, 0.4) is 0 Å². The second-order valence-electron chi connectivity index (χ2n) is 8.12. The first kappa shape index (κ1) is 21.9. The normalized spacial score (nSPS) is 11.1. The van der Waals surface area contributed by atoms with E-state index in [1.54, 1.807) is 12.4 Å². The summed E-state index contributed by atoms with van der Waals surface area (Å²) >= 11 is 2.32. The summed E-state index contributed by atoms with van der Waals surface area (Å²) in [5.74, 6) is 0.912. The van der Waals surface area contributed by atoms with Gasteiger partial charge in [0.2, 0.25) is 0 Å². The zero-order valence-corrected chi connectivity index (χ0v) is 21.8. The van der Waals surface area contributed by atoms with Crippen molar-refractivity contribution >= 4 is 82.1 Å². The molecule has 0 aliphatic rings. The van der Waals surface area contributed by atoms with E-state index in [4.69, 9.17) is 4.98 Å². The van der Waals surface area contributed by atoms with E-state index in [-0.39, 0.29) is 0 Å². The molecule has 8 heteroatoms. The zero-order valence-electron chi connectivity index (χ0n) is 18.5. The lowest BCUT2D eigenvalue weighted by Crippen LogP contribution is -1.96. The Morgan fingerprint density at radius 3 is 2.29 bits per heavy atom. The number of imidazole rings is 1. The number of rotatable bonds is 5. The van der Waals surface area contributed by atoms with Crippen LogP contribution >= 0.6 is 32.1 Å². The molecule has 6 nitrogen and oxygen atoms in total. The molecule has 0 amide bonds. The molecule has 3 aromatic carbocycles. The van der Waals surface area contributed by atoms with Crippen molar-refractivity contribution in [1.29, 1.82) is 0 Å². The Balaban J connectivity index is 1.28. The number of anilines is 4. The van der Waals surface area contributed by atoms with Gasteiger partial charge in [-0.05, 0) is 78.1 Å². The monoisotopic (exact) mass is 586 g/mol. The van der Waals surface area contributed by atoms with Crippen molar-refractivity contribution in [2.75, 3.05) is 10.6 Å². The van der Waals surface area contributed by atoms with Crippen LogP contribution < -0.4 is 15.9 Å². The van der Waals surface area contributed by atoms with Crippen molar-refractivity contribution in [3.05, 3.63) is 97.5 Å². The van der Waals surface area contributed by atoms with Crippen molar-refractivity contribution in [1.82, 2.24) is 17.7 Å². The van der Waals surface area contributed by atoms with Gasteiger partial charge in [0, 0.05) is 52.3 Å². The third kappa shape index (κ3) is 4.45. The maximum atomic E-state index is 4.88. The SMILES string of the molecule is Pc1ccc2nccc(Nc3ccc(-c4nc5ccc(Nc6ccncc6)cc5n4I)cc3)c2c1. The molecule has 1 atom stereocenters. The van der Waals surface area contributed by atoms with E-state index in [9.17, 15) is 0 Å². The fraction of sp³-hybridized carbons (Fsp3) is 0. The molecule has 2 N–H and O–H groups in total. The fourth-order valence-electron chi connectivity index (χ4n) is 4.04. The average Bonchev–Trinajstić information content (AvgIpc) is 3.21. The standard InChI is InChI=1S/C27H20IN6P/c28-34-26-15-20(31-19-9-12-29-13-10-19)5-7-25(26)33-27(34)17-1-3-18(4-2-17)32-24-11-14-30-23-8-6-21(35)16-22(23)24/h1-16H,35H2,(H,29,31)(H,30,32). The summed E-state index contributed by atoms with van der Waals surface area (Å²) in [5, 5.41) is 9.17. The van der Waals surface area contributed by atoms with E-state index in [0.29, 0.717) is 0 Å². The number of hydrogen-bond donors (Lipinski definition) is 2. The molecule has 0 saturated carbocycles. The summed E-state index contributed by atoms with van der Waals surface area (Å²) in [6.07, 6.45) is 5.38. The number of hydrogen-bond acceptors (Lipinski definition) is 5. The molecule has 0 spiro atoms. The van der Waals surface area contributed by atoms with Gasteiger partial charge in [0.05, 0.1) is 39.4 Å². The summed E-state index contributed by atoms with van der Waals surface area (Å²) in [7, 11) is 2.75. The molecule has 0 saturated heterocycles. The van der Waals surface area contributed by atoms with Crippen LogP contribution in [0.5, 0.6) is 0 Å². The molecular weight excluding hydrogens is 566 g/mol. The largest absolute Gasteiger partial charge is 0.355 e. The fourth-order valence-corrected chi connectivity index (χ4v) is 5.07. The predicted octanol–water partition coefficient (Wildman–Crippen LogP) is 6.83. The first-order chi connectivity index (χ1) is 17.1. The zero-order chi connectivity index (χ0) is 23.8. The maximum Gasteiger partial charge on any atom is 0.150 e. The van der Waals surface area contributed by atoms with Crippen LogP contribution in [0.1, 0.15) is 0 Å². The highest BCUT2D eigenvalue weighted by Gasteiger charge is 2.12. The summed E-state index contributed by atoms with van der Waals surface area (Å²) in [4.78, 5) is 13.4.